The van der Waals surface area contributed by atoms with E-state index in [-0.39, 0.29) is 35.3 Å². The number of ketones is 1. The average Bonchev–Trinajstić information content (AvgIpc) is 3.21. The van der Waals surface area contributed by atoms with E-state index in [2.05, 4.69) is 5.32 Å². The number of aliphatic hydroxyl groups is 4. The van der Waals surface area contributed by atoms with E-state index in [1.807, 2.05) is 0 Å². The van der Waals surface area contributed by atoms with E-state index in [0.717, 1.165) is 6.92 Å². The molecule has 14 nitrogen and oxygen atoms in total. The van der Waals surface area contributed by atoms with Crippen LogP contribution in [0.15, 0.2) is 102 Å². The Morgan fingerprint density at radius 1 is 0.847 bits per heavy atom. The number of esters is 3. The molecule has 3 fully saturated rings. The van der Waals surface area contributed by atoms with Crippen LogP contribution in [0, 0.1) is 16.7 Å². The Labute approximate surface area is 341 Å². The van der Waals surface area contributed by atoms with Crippen molar-refractivity contribution < 1.29 is 63.3 Å². The first-order chi connectivity index (χ1) is 27.9. The zero-order valence-corrected chi connectivity index (χ0v) is 33.4. The minimum Gasteiger partial charge on any atom is -0.456 e. The highest BCUT2D eigenvalue weighted by molar-refractivity contribution is 5.96. The fourth-order valence-electron chi connectivity index (χ4n) is 9.78. The van der Waals surface area contributed by atoms with E-state index in [9.17, 15) is 39.6 Å². The second-order valence-electron chi connectivity index (χ2n) is 16.8. The topological polar surface area (TPSA) is 215 Å². The molecule has 4 aliphatic rings. The number of carbonyl (C=O) groups is 5. The number of rotatable bonds is 9. The van der Waals surface area contributed by atoms with Crippen LogP contribution in [0.3, 0.4) is 0 Å². The maximum absolute atomic E-state index is 15.2. The van der Waals surface area contributed by atoms with Crippen LogP contribution in [-0.4, -0.2) is 104 Å². The molecule has 312 valence electrons. The summed E-state index contributed by atoms with van der Waals surface area (Å²) in [6, 6.07) is 23.0. The highest BCUT2D eigenvalue weighted by Gasteiger charge is 2.76. The molecule has 1 heterocycles. The van der Waals surface area contributed by atoms with Crippen molar-refractivity contribution in [2.45, 2.75) is 101 Å². The lowest BCUT2D eigenvalue weighted by atomic mass is 9.44. The zero-order chi connectivity index (χ0) is 42.7. The van der Waals surface area contributed by atoms with Gasteiger partial charge in [0, 0.05) is 36.7 Å². The number of ether oxygens (including phenoxy) is 4. The number of fused-ring (bicyclic) bond motifs is 5. The summed E-state index contributed by atoms with van der Waals surface area (Å²) in [5.74, 6) is -5.98. The number of nitrogens with one attached hydrogen (secondary N) is 1. The lowest BCUT2D eigenvalue weighted by Gasteiger charge is -2.66. The Bertz CT molecular complexity index is 2160. The van der Waals surface area contributed by atoms with Crippen LogP contribution in [0.25, 0.3) is 0 Å². The normalized spacial score (nSPS) is 33.0. The molecule has 0 aromatic heterocycles. The Kier molecular flexibility index (Phi) is 10.9. The minimum absolute atomic E-state index is 0.0161. The third-order valence-electron chi connectivity index (χ3n) is 13.2. The number of aliphatic hydroxyl groups excluding tert-OH is 2. The number of carbonyl (C=O) groups excluding carboxylic acids is 5. The highest BCUT2D eigenvalue weighted by atomic mass is 16.6. The van der Waals surface area contributed by atoms with Crippen molar-refractivity contribution in [3.05, 3.63) is 119 Å². The van der Waals surface area contributed by atoms with Gasteiger partial charge in [0.25, 0.3) is 5.91 Å². The lowest BCUT2D eigenvalue weighted by molar-refractivity contribution is -0.343. The monoisotopic (exact) mass is 811 g/mol. The molecule has 5 N–H and O–H groups in total. The van der Waals surface area contributed by atoms with E-state index in [4.69, 9.17) is 18.9 Å². The molecule has 11 atom stereocenters. The molecule has 3 aliphatic carbocycles. The fraction of sp³-hybridized carbons (Fsp3) is 0.444. The summed E-state index contributed by atoms with van der Waals surface area (Å²) in [5, 5.41) is 52.2. The molecule has 2 saturated carbocycles. The van der Waals surface area contributed by atoms with Crippen molar-refractivity contribution in [1.29, 1.82) is 0 Å². The predicted octanol–water partition coefficient (Wildman–Crippen LogP) is 3.16. The van der Waals surface area contributed by atoms with E-state index < -0.39 is 107 Å². The van der Waals surface area contributed by atoms with Crippen LogP contribution in [0.4, 0.5) is 0 Å². The van der Waals surface area contributed by atoms with Gasteiger partial charge in [-0.3, -0.25) is 14.4 Å². The predicted molar refractivity (Wildman–Crippen MR) is 208 cm³/mol. The molecule has 0 spiro atoms. The Morgan fingerprint density at radius 2 is 1.42 bits per heavy atom. The summed E-state index contributed by atoms with van der Waals surface area (Å²) in [4.78, 5) is 69.7. The zero-order valence-electron chi connectivity index (χ0n) is 33.4. The van der Waals surface area contributed by atoms with Crippen LogP contribution in [-0.2, 0) is 33.3 Å². The minimum atomic E-state index is -2.35. The fourth-order valence-corrected chi connectivity index (χ4v) is 9.78. The molecule has 1 aliphatic heterocycles. The lowest BCUT2D eigenvalue weighted by Crippen LogP contribution is -2.81. The van der Waals surface area contributed by atoms with Gasteiger partial charge in [-0.1, -0.05) is 80.6 Å². The summed E-state index contributed by atoms with van der Waals surface area (Å²) in [7, 11) is 0. The molecule has 2 bridgehead atoms. The first-order valence-electron chi connectivity index (χ1n) is 19.6. The van der Waals surface area contributed by atoms with Gasteiger partial charge in [0.05, 0.1) is 35.8 Å². The number of amides is 1. The number of hydrogen-bond acceptors (Lipinski definition) is 13. The van der Waals surface area contributed by atoms with Gasteiger partial charge < -0.3 is 44.7 Å². The van der Waals surface area contributed by atoms with Crippen LogP contribution < -0.4 is 5.32 Å². The summed E-state index contributed by atoms with van der Waals surface area (Å²) in [6.45, 7) is 6.81. The van der Waals surface area contributed by atoms with Gasteiger partial charge in [-0.15, -0.1) is 0 Å². The van der Waals surface area contributed by atoms with Gasteiger partial charge in [0.2, 0.25) is 0 Å². The maximum atomic E-state index is 15.2. The van der Waals surface area contributed by atoms with Gasteiger partial charge in [-0.25, -0.2) is 9.59 Å². The molecular weight excluding hydrogens is 762 g/mol. The van der Waals surface area contributed by atoms with Crippen LogP contribution in [0.5, 0.6) is 0 Å². The second kappa shape index (κ2) is 15.4. The van der Waals surface area contributed by atoms with E-state index in [1.165, 1.54) is 26.0 Å². The van der Waals surface area contributed by atoms with Crippen LogP contribution >= 0.6 is 0 Å². The molecule has 1 amide bonds. The quantitative estimate of drug-likeness (QED) is 0.120. The molecular formula is C45H49NO13. The largest absolute Gasteiger partial charge is 0.456 e. The van der Waals surface area contributed by atoms with Crippen molar-refractivity contribution in [2.24, 2.45) is 16.7 Å². The first-order valence-corrected chi connectivity index (χ1v) is 19.6. The Hall–Kier alpha value is -5.25. The molecule has 2 unspecified atom stereocenters. The number of hydrogen-bond donors (Lipinski definition) is 5. The molecule has 0 radical (unpaired) electrons. The van der Waals surface area contributed by atoms with E-state index in [1.54, 1.807) is 92.7 Å². The highest BCUT2D eigenvalue weighted by Crippen LogP contribution is 2.63. The average molecular weight is 812 g/mol. The molecule has 14 heteroatoms. The third-order valence-corrected chi connectivity index (χ3v) is 13.2. The SMILES string of the molecule is CC(=O)O[C@H]1C(=O)[C@@]2(C)C([C@H](OC(=O)c3ccccc3)[C@]3(O)C[C@H](OC(=O)[C@H](O)C(NC(=O)c4ccccc4)c4ccccc4)C(C)=C1C3(C)C)[C@]1(O)CO[C@@H]1C[C@@H]2O. The van der Waals surface area contributed by atoms with Crippen molar-refractivity contribution in [3.63, 3.8) is 0 Å². The molecule has 7 rings (SSSR count). The standard InChI is InChI=1S/C45H49NO13/c1-24-29(58-41(53)34(49)33(26-15-9-6-10-16-26)46-39(51)27-17-11-7-12-18-27)22-45(55)38(59-40(52)28-19-13-8-14-20-28)36-43(5,30(48)21-31-44(36,54)23-56-31)37(50)35(57-25(2)47)32(24)42(45,3)4/h6-20,29-31,33-36,38,48-49,54-55H,21-23H2,1-5H3,(H,46,51)/t29-,30-,31+,33?,34+,35+,36?,38-,43+,44-,45+/m0/s1. The number of benzene rings is 3. The van der Waals surface area contributed by atoms with Gasteiger partial charge in [0.15, 0.2) is 18.0 Å². The van der Waals surface area contributed by atoms with Gasteiger partial charge >= 0.3 is 17.9 Å². The van der Waals surface area contributed by atoms with Crippen molar-refractivity contribution in [3.8, 4) is 0 Å². The first kappa shape index (κ1) is 41.9. The molecule has 1 saturated heterocycles. The smallest absolute Gasteiger partial charge is 0.338 e. The molecule has 3 aromatic rings. The van der Waals surface area contributed by atoms with E-state index >= 15 is 4.79 Å². The van der Waals surface area contributed by atoms with Crippen molar-refractivity contribution in [2.75, 3.05) is 6.61 Å². The second-order valence-corrected chi connectivity index (χ2v) is 16.8. The van der Waals surface area contributed by atoms with Crippen LogP contribution in [0.1, 0.15) is 79.8 Å². The molecule has 3 aromatic carbocycles. The molecule has 59 heavy (non-hydrogen) atoms. The van der Waals surface area contributed by atoms with Crippen molar-refractivity contribution in [1.82, 2.24) is 5.32 Å². The summed E-state index contributed by atoms with van der Waals surface area (Å²) in [6.07, 6.45) is -10.3. The Morgan fingerprint density at radius 3 is 1.98 bits per heavy atom. The van der Waals surface area contributed by atoms with Gasteiger partial charge in [0.1, 0.15) is 23.4 Å². The summed E-state index contributed by atoms with van der Waals surface area (Å²) in [5.41, 5.74) is -6.99. The van der Waals surface area contributed by atoms with Gasteiger partial charge in [-0.05, 0) is 54.8 Å². The maximum Gasteiger partial charge on any atom is 0.338 e. The summed E-state index contributed by atoms with van der Waals surface area (Å²) >= 11 is 0. The Balaban J connectivity index is 1.36. The van der Waals surface area contributed by atoms with E-state index in [0.29, 0.717) is 5.56 Å². The van der Waals surface area contributed by atoms with Crippen LogP contribution in [0.2, 0.25) is 0 Å². The third kappa shape index (κ3) is 6.86. The van der Waals surface area contributed by atoms with Gasteiger partial charge in [-0.2, -0.15) is 0 Å². The number of Topliss-reactive ketones (excluding diaryl/α,β-unsaturated/α-hetero) is 1. The van der Waals surface area contributed by atoms with Crippen molar-refractivity contribution >= 4 is 29.6 Å². The summed E-state index contributed by atoms with van der Waals surface area (Å²) < 4.78 is 23.8.